The third kappa shape index (κ3) is 3.85. The summed E-state index contributed by atoms with van der Waals surface area (Å²) in [5, 5.41) is 2.93. The number of benzene rings is 3. The fourth-order valence-corrected chi connectivity index (χ4v) is 3.38. The van der Waals surface area contributed by atoms with Gasteiger partial charge in [0.2, 0.25) is 0 Å². The lowest BCUT2D eigenvalue weighted by molar-refractivity contribution is -0.120. The highest BCUT2D eigenvalue weighted by atomic mass is 19.1. The Bertz CT molecular complexity index is 1170. The fourth-order valence-electron chi connectivity index (χ4n) is 3.38. The molecule has 2 amide bonds. The molecule has 31 heavy (non-hydrogen) atoms. The molecular formula is C24H19FN2O4. The Kier molecular flexibility index (Phi) is 5.41. The van der Waals surface area contributed by atoms with Crippen LogP contribution in [0.5, 0.6) is 11.5 Å². The molecule has 0 spiro atoms. The van der Waals surface area contributed by atoms with Gasteiger partial charge >= 0.3 is 0 Å². The Morgan fingerprint density at radius 1 is 0.806 bits per heavy atom. The van der Waals surface area contributed by atoms with Gasteiger partial charge in [0.05, 0.1) is 25.5 Å². The summed E-state index contributed by atoms with van der Waals surface area (Å²) >= 11 is 0. The summed E-state index contributed by atoms with van der Waals surface area (Å²) in [5.74, 6) is -0.669. The molecule has 0 aromatic heterocycles. The maximum atomic E-state index is 13.7. The van der Waals surface area contributed by atoms with Crippen molar-refractivity contribution in [2.75, 3.05) is 24.4 Å². The third-order valence-electron chi connectivity index (χ3n) is 4.83. The Morgan fingerprint density at radius 2 is 1.48 bits per heavy atom. The van der Waals surface area contributed by atoms with E-state index in [4.69, 9.17) is 9.47 Å². The topological polar surface area (TPSA) is 67.9 Å². The number of halogens is 1. The number of hydrogen-bond donors (Lipinski definition) is 1. The van der Waals surface area contributed by atoms with Crippen LogP contribution >= 0.6 is 0 Å². The van der Waals surface area contributed by atoms with Crippen molar-refractivity contribution in [3.05, 3.63) is 89.9 Å². The standard InChI is InChI=1S/C24H19FN2O4/c1-30-19-12-18(13-20(14-19)31-2)27-23(28)21(15-7-4-3-5-8-15)22(24(27)29)26-17-10-6-9-16(25)11-17/h3-14,26H,1-2H3. The normalized spacial score (nSPS) is 13.6. The van der Waals surface area contributed by atoms with Gasteiger partial charge in [-0.05, 0) is 23.8 Å². The van der Waals surface area contributed by atoms with E-state index in [9.17, 15) is 14.0 Å². The Balaban J connectivity index is 1.83. The number of imide groups is 1. The van der Waals surface area contributed by atoms with Crippen molar-refractivity contribution in [3.63, 3.8) is 0 Å². The van der Waals surface area contributed by atoms with Gasteiger partial charge < -0.3 is 14.8 Å². The molecule has 1 N–H and O–H groups in total. The zero-order valence-electron chi connectivity index (χ0n) is 16.9. The first-order chi connectivity index (χ1) is 15.0. The van der Waals surface area contributed by atoms with Crippen molar-refractivity contribution < 1.29 is 23.5 Å². The van der Waals surface area contributed by atoms with Gasteiger partial charge in [0, 0.05) is 23.9 Å². The van der Waals surface area contributed by atoms with Gasteiger partial charge in [-0.15, -0.1) is 0 Å². The lowest BCUT2D eigenvalue weighted by Gasteiger charge is -2.17. The molecule has 3 aromatic carbocycles. The van der Waals surface area contributed by atoms with Crippen LogP contribution in [0.25, 0.3) is 5.57 Å². The number of carbonyl (C=O) groups excluding carboxylic acids is 2. The number of hydrogen-bond acceptors (Lipinski definition) is 5. The first kappa shape index (κ1) is 20.2. The molecule has 0 bridgehead atoms. The molecule has 0 fully saturated rings. The van der Waals surface area contributed by atoms with Crippen molar-refractivity contribution in [3.8, 4) is 11.5 Å². The van der Waals surface area contributed by atoms with Crippen LogP contribution in [0.15, 0.2) is 78.5 Å². The summed E-state index contributed by atoms with van der Waals surface area (Å²) < 4.78 is 24.2. The quantitative estimate of drug-likeness (QED) is 0.607. The van der Waals surface area contributed by atoms with E-state index >= 15 is 0 Å². The van der Waals surface area contributed by atoms with Crippen LogP contribution in [-0.4, -0.2) is 26.0 Å². The second-order valence-electron chi connectivity index (χ2n) is 6.77. The van der Waals surface area contributed by atoms with E-state index in [1.54, 1.807) is 48.5 Å². The predicted octanol–water partition coefficient (Wildman–Crippen LogP) is 4.24. The van der Waals surface area contributed by atoms with Gasteiger partial charge in [0.15, 0.2) is 0 Å². The van der Waals surface area contributed by atoms with Crippen LogP contribution in [0.1, 0.15) is 5.56 Å². The van der Waals surface area contributed by atoms with Crippen molar-refractivity contribution in [2.24, 2.45) is 0 Å². The molecule has 7 heteroatoms. The first-order valence-electron chi connectivity index (χ1n) is 9.46. The van der Waals surface area contributed by atoms with Crippen LogP contribution in [0.3, 0.4) is 0 Å². The lowest BCUT2D eigenvalue weighted by Crippen LogP contribution is -2.32. The minimum atomic E-state index is -0.566. The zero-order chi connectivity index (χ0) is 22.0. The SMILES string of the molecule is COc1cc(OC)cc(N2C(=O)C(Nc3cccc(F)c3)=C(c3ccccc3)C2=O)c1. The number of amides is 2. The summed E-state index contributed by atoms with van der Waals surface area (Å²) in [6.45, 7) is 0. The molecule has 0 atom stereocenters. The second-order valence-corrected chi connectivity index (χ2v) is 6.77. The van der Waals surface area contributed by atoms with Gasteiger partial charge in [-0.2, -0.15) is 0 Å². The molecule has 0 saturated heterocycles. The summed E-state index contributed by atoms with van der Waals surface area (Å²) in [5.41, 5.74) is 1.47. The van der Waals surface area contributed by atoms with Crippen molar-refractivity contribution >= 4 is 28.8 Å². The van der Waals surface area contributed by atoms with Gasteiger partial charge in [0.1, 0.15) is 23.0 Å². The van der Waals surface area contributed by atoms with Gasteiger partial charge in [-0.25, -0.2) is 9.29 Å². The van der Waals surface area contributed by atoms with Crippen LogP contribution in [0.2, 0.25) is 0 Å². The Morgan fingerprint density at radius 3 is 2.10 bits per heavy atom. The first-order valence-corrected chi connectivity index (χ1v) is 9.46. The monoisotopic (exact) mass is 418 g/mol. The summed E-state index contributed by atoms with van der Waals surface area (Å²) in [6, 6.07) is 19.3. The van der Waals surface area contributed by atoms with E-state index in [0.29, 0.717) is 28.4 Å². The number of methoxy groups -OCH3 is 2. The van der Waals surface area contributed by atoms with Gasteiger partial charge in [-0.1, -0.05) is 36.4 Å². The smallest absolute Gasteiger partial charge is 0.282 e. The maximum absolute atomic E-state index is 13.7. The molecule has 3 aromatic rings. The highest BCUT2D eigenvalue weighted by Gasteiger charge is 2.40. The average molecular weight is 418 g/mol. The lowest BCUT2D eigenvalue weighted by atomic mass is 10.0. The minimum Gasteiger partial charge on any atom is -0.497 e. The number of ether oxygens (including phenoxy) is 2. The molecule has 0 radical (unpaired) electrons. The van der Waals surface area contributed by atoms with E-state index in [0.717, 1.165) is 4.90 Å². The molecule has 6 nitrogen and oxygen atoms in total. The van der Waals surface area contributed by atoms with E-state index in [1.807, 2.05) is 6.07 Å². The molecule has 1 heterocycles. The molecule has 1 aliphatic rings. The highest BCUT2D eigenvalue weighted by molar-refractivity contribution is 6.46. The summed E-state index contributed by atoms with van der Waals surface area (Å²) in [4.78, 5) is 27.9. The highest BCUT2D eigenvalue weighted by Crippen LogP contribution is 2.36. The average Bonchev–Trinajstić information content (AvgIpc) is 3.03. The molecule has 0 saturated carbocycles. The molecule has 156 valence electrons. The van der Waals surface area contributed by atoms with Gasteiger partial charge in [-0.3, -0.25) is 9.59 Å². The summed E-state index contributed by atoms with van der Waals surface area (Å²) in [7, 11) is 2.97. The minimum absolute atomic E-state index is 0.0589. The Hall–Kier alpha value is -4.13. The molecular weight excluding hydrogens is 399 g/mol. The number of nitrogens with one attached hydrogen (secondary N) is 1. The summed E-state index contributed by atoms with van der Waals surface area (Å²) in [6.07, 6.45) is 0. The van der Waals surface area contributed by atoms with E-state index < -0.39 is 17.6 Å². The zero-order valence-corrected chi connectivity index (χ0v) is 16.9. The Labute approximate surface area is 178 Å². The predicted molar refractivity (Wildman–Crippen MR) is 115 cm³/mol. The second kappa shape index (κ2) is 8.31. The van der Waals surface area contributed by atoms with E-state index in [-0.39, 0.29) is 11.3 Å². The molecule has 4 rings (SSSR count). The largest absolute Gasteiger partial charge is 0.497 e. The van der Waals surface area contributed by atoms with Crippen LogP contribution < -0.4 is 19.7 Å². The van der Waals surface area contributed by atoms with Crippen molar-refractivity contribution in [2.45, 2.75) is 0 Å². The molecule has 0 unspecified atom stereocenters. The van der Waals surface area contributed by atoms with Crippen LogP contribution in [0.4, 0.5) is 15.8 Å². The van der Waals surface area contributed by atoms with Gasteiger partial charge in [0.25, 0.3) is 11.8 Å². The fraction of sp³-hybridized carbons (Fsp3) is 0.0833. The van der Waals surface area contributed by atoms with Crippen LogP contribution in [-0.2, 0) is 9.59 Å². The molecule has 0 aliphatic carbocycles. The number of nitrogens with zero attached hydrogens (tertiary/aromatic N) is 1. The van der Waals surface area contributed by atoms with Crippen molar-refractivity contribution in [1.82, 2.24) is 0 Å². The number of anilines is 2. The maximum Gasteiger partial charge on any atom is 0.282 e. The third-order valence-corrected chi connectivity index (χ3v) is 4.83. The van der Waals surface area contributed by atoms with E-state index in [1.165, 1.54) is 32.4 Å². The van der Waals surface area contributed by atoms with E-state index in [2.05, 4.69) is 5.32 Å². The number of rotatable bonds is 6. The number of carbonyl (C=O) groups is 2. The van der Waals surface area contributed by atoms with Crippen LogP contribution in [0, 0.1) is 5.82 Å². The molecule has 1 aliphatic heterocycles. The van der Waals surface area contributed by atoms with Crippen molar-refractivity contribution in [1.29, 1.82) is 0 Å².